The van der Waals surface area contributed by atoms with Gasteiger partial charge >= 0.3 is 11.9 Å². The molecule has 5 atom stereocenters. The van der Waals surface area contributed by atoms with Crippen LogP contribution < -0.4 is 0 Å². The highest BCUT2D eigenvalue weighted by molar-refractivity contribution is 6.77. The number of cyclic esters (lactones) is 1. The van der Waals surface area contributed by atoms with Crippen LogP contribution >= 0.6 is 0 Å². The quantitative estimate of drug-likeness (QED) is 0.0744. The van der Waals surface area contributed by atoms with Gasteiger partial charge in [0.25, 0.3) is 0 Å². The van der Waals surface area contributed by atoms with Crippen molar-refractivity contribution in [1.29, 1.82) is 0 Å². The fourth-order valence-electron chi connectivity index (χ4n) is 6.93. The average molecular weight is 731 g/mol. The van der Waals surface area contributed by atoms with Crippen LogP contribution in [-0.4, -0.2) is 65.2 Å². The normalized spacial score (nSPS) is 23.7. The van der Waals surface area contributed by atoms with Crippen LogP contribution in [0.1, 0.15) is 101 Å². The maximum absolute atomic E-state index is 12.9. The van der Waals surface area contributed by atoms with Crippen LogP contribution in [0, 0.1) is 5.92 Å². The second-order valence-corrected chi connectivity index (χ2v) is 25.6. The zero-order chi connectivity index (χ0) is 38.1. The van der Waals surface area contributed by atoms with Crippen molar-refractivity contribution in [2.24, 2.45) is 5.92 Å². The van der Waals surface area contributed by atoms with Crippen molar-refractivity contribution in [3.05, 3.63) is 71.9 Å². The standard InChI is InChI=1S/C41H70O7Si2/c1-30(2)50(31(3)4,32(5)6)48-38-26-25-36(42)21-17-15-19-23-41(44)46-39(35(9)28-34(8)24-27-40(43)45-10)29-33(7)20-16-14-18-22-37(38)47-49(11,12)13/h14,16,19-20,23-28,30-32,35-39,42H,15,17-18,21-22,29H2,1-13H3/t35-,36-,37-,38-,39-/m1/s1. The Morgan fingerprint density at radius 2 is 1.58 bits per heavy atom. The number of methoxy groups -OCH3 is 1. The number of rotatable bonds is 11. The fourth-order valence-corrected chi connectivity index (χ4v) is 13.6. The summed E-state index contributed by atoms with van der Waals surface area (Å²) in [5.74, 6) is -0.911. The van der Waals surface area contributed by atoms with Crippen LogP contribution in [0.3, 0.4) is 0 Å². The molecule has 1 aliphatic heterocycles. The first kappa shape index (κ1) is 45.7. The number of aliphatic hydroxyl groups excluding tert-OH is 1. The van der Waals surface area contributed by atoms with E-state index in [4.69, 9.17) is 18.3 Å². The zero-order valence-electron chi connectivity index (χ0n) is 33.5. The summed E-state index contributed by atoms with van der Waals surface area (Å²) >= 11 is 0. The largest absolute Gasteiger partial charge is 0.466 e. The van der Waals surface area contributed by atoms with Crippen molar-refractivity contribution in [3.8, 4) is 0 Å². The number of esters is 2. The second kappa shape index (κ2) is 22.6. The monoisotopic (exact) mass is 730 g/mol. The van der Waals surface area contributed by atoms with E-state index < -0.39 is 40.8 Å². The lowest BCUT2D eigenvalue weighted by atomic mass is 9.95. The topological polar surface area (TPSA) is 91.3 Å². The van der Waals surface area contributed by atoms with Gasteiger partial charge in [-0.25, -0.2) is 9.59 Å². The van der Waals surface area contributed by atoms with Crippen molar-refractivity contribution in [3.63, 3.8) is 0 Å². The van der Waals surface area contributed by atoms with E-state index in [1.54, 1.807) is 6.08 Å². The van der Waals surface area contributed by atoms with Crippen molar-refractivity contribution in [2.75, 3.05) is 7.11 Å². The Bertz CT molecular complexity index is 1200. The summed E-state index contributed by atoms with van der Waals surface area (Å²) in [6, 6.07) is 0. The van der Waals surface area contributed by atoms with Gasteiger partial charge in [0.05, 0.1) is 25.4 Å². The van der Waals surface area contributed by atoms with Crippen molar-refractivity contribution in [2.45, 2.75) is 162 Å². The van der Waals surface area contributed by atoms with E-state index in [2.05, 4.69) is 92.4 Å². The van der Waals surface area contributed by atoms with Crippen LogP contribution in [0.5, 0.6) is 0 Å². The Hall–Kier alpha value is -2.31. The number of aliphatic hydroxyl groups is 1. The van der Waals surface area contributed by atoms with Gasteiger partial charge in [-0.3, -0.25) is 0 Å². The van der Waals surface area contributed by atoms with Crippen molar-refractivity contribution < 1.29 is 33.0 Å². The van der Waals surface area contributed by atoms with Gasteiger partial charge in [-0.2, -0.15) is 0 Å². The van der Waals surface area contributed by atoms with Gasteiger partial charge in [0.1, 0.15) is 6.10 Å². The highest BCUT2D eigenvalue weighted by Gasteiger charge is 2.47. The molecule has 0 aromatic rings. The molecule has 0 saturated heterocycles. The summed E-state index contributed by atoms with van der Waals surface area (Å²) in [5.41, 5.74) is 3.23. The summed E-state index contributed by atoms with van der Waals surface area (Å²) in [7, 11) is -2.86. The molecule has 1 rings (SSSR count). The zero-order valence-corrected chi connectivity index (χ0v) is 35.5. The van der Waals surface area contributed by atoms with E-state index >= 15 is 0 Å². The van der Waals surface area contributed by atoms with Gasteiger partial charge in [0.15, 0.2) is 8.32 Å². The molecule has 0 aromatic carbocycles. The minimum Gasteiger partial charge on any atom is -0.466 e. The van der Waals surface area contributed by atoms with Crippen LogP contribution in [0.25, 0.3) is 0 Å². The lowest BCUT2D eigenvalue weighted by Crippen LogP contribution is -2.53. The molecule has 0 unspecified atom stereocenters. The summed E-state index contributed by atoms with van der Waals surface area (Å²) in [6.07, 6.45) is 21.4. The molecule has 0 amide bonds. The van der Waals surface area contributed by atoms with E-state index in [9.17, 15) is 14.7 Å². The van der Waals surface area contributed by atoms with E-state index in [0.29, 0.717) is 35.9 Å². The first-order valence-corrected chi connectivity index (χ1v) is 24.2. The highest BCUT2D eigenvalue weighted by atomic mass is 28.4. The molecule has 0 radical (unpaired) electrons. The van der Waals surface area contributed by atoms with Crippen LogP contribution in [0.4, 0.5) is 0 Å². The van der Waals surface area contributed by atoms with Gasteiger partial charge < -0.3 is 23.4 Å². The maximum atomic E-state index is 12.9. The van der Waals surface area contributed by atoms with Crippen LogP contribution in [0.15, 0.2) is 71.9 Å². The maximum Gasteiger partial charge on any atom is 0.330 e. The molecule has 0 saturated carbocycles. The number of hydrogen-bond acceptors (Lipinski definition) is 7. The molecule has 0 aliphatic carbocycles. The first-order valence-electron chi connectivity index (χ1n) is 18.7. The Morgan fingerprint density at radius 1 is 0.940 bits per heavy atom. The number of carbonyl (C=O) groups excluding carboxylic acids is 2. The third-order valence-corrected chi connectivity index (χ3v) is 16.4. The summed E-state index contributed by atoms with van der Waals surface area (Å²) < 4.78 is 24.9. The molecule has 7 nitrogen and oxygen atoms in total. The SMILES string of the molecule is COC(=O)C=CC(C)=C[C@@H](C)[C@H]1CC(C)=CC=CCC[C@@H](O[Si](C)(C)C)[C@H](O[Si](C(C)C)(C(C)C)C(C)C)C=C[C@H](O)CCCC=CC(=O)O1. The molecule has 1 N–H and O–H groups in total. The molecule has 284 valence electrons. The van der Waals surface area contributed by atoms with E-state index in [-0.39, 0.29) is 18.1 Å². The smallest absolute Gasteiger partial charge is 0.330 e. The molecule has 0 spiro atoms. The first-order chi connectivity index (χ1) is 23.3. The number of ether oxygens (including phenoxy) is 2. The van der Waals surface area contributed by atoms with Gasteiger partial charge in [0.2, 0.25) is 8.32 Å². The van der Waals surface area contributed by atoms with E-state index in [0.717, 1.165) is 30.4 Å². The van der Waals surface area contributed by atoms with Crippen molar-refractivity contribution >= 4 is 28.6 Å². The lowest BCUT2D eigenvalue weighted by molar-refractivity contribution is -0.144. The minimum absolute atomic E-state index is 0.101. The molecule has 0 aromatic heterocycles. The number of hydrogen-bond donors (Lipinski definition) is 1. The molecule has 50 heavy (non-hydrogen) atoms. The van der Waals surface area contributed by atoms with E-state index in [1.807, 2.05) is 32.1 Å². The average Bonchev–Trinajstić information content (AvgIpc) is 3.00. The number of allylic oxidation sites excluding steroid dienone is 6. The van der Waals surface area contributed by atoms with Crippen LogP contribution in [-0.2, 0) is 27.9 Å². The molecule has 0 fully saturated rings. The Balaban J connectivity index is 3.51. The summed E-state index contributed by atoms with van der Waals surface area (Å²) in [4.78, 5) is 24.5. The Kier molecular flexibility index (Phi) is 20.7. The molecule has 1 aliphatic rings. The minimum atomic E-state index is -2.26. The van der Waals surface area contributed by atoms with Crippen molar-refractivity contribution in [1.82, 2.24) is 0 Å². The third-order valence-electron chi connectivity index (χ3n) is 9.29. The molecule has 0 bridgehead atoms. The highest BCUT2D eigenvalue weighted by Crippen LogP contribution is 2.44. The lowest BCUT2D eigenvalue weighted by Gasteiger charge is -2.46. The third kappa shape index (κ3) is 16.8. The fraction of sp³-hybridized carbons (Fsp3) is 0.659. The predicted octanol–water partition coefficient (Wildman–Crippen LogP) is 10.3. The predicted molar refractivity (Wildman–Crippen MR) is 213 cm³/mol. The number of carbonyl (C=O) groups is 2. The molecule has 1 heterocycles. The van der Waals surface area contributed by atoms with Gasteiger partial charge in [-0.1, -0.05) is 108 Å². The van der Waals surface area contributed by atoms with Gasteiger partial charge in [-0.05, 0) is 82.2 Å². The van der Waals surface area contributed by atoms with Gasteiger partial charge in [-0.15, -0.1) is 0 Å². The Morgan fingerprint density at radius 3 is 2.16 bits per heavy atom. The summed E-state index contributed by atoms with van der Waals surface area (Å²) in [6.45, 7) is 26.5. The molecular weight excluding hydrogens is 661 g/mol. The Labute approximate surface area is 307 Å². The molecular formula is C41H70O7Si2. The molecule has 9 heteroatoms. The summed E-state index contributed by atoms with van der Waals surface area (Å²) in [5, 5.41) is 11.0. The van der Waals surface area contributed by atoms with E-state index in [1.165, 1.54) is 19.3 Å². The van der Waals surface area contributed by atoms with Crippen LogP contribution in [0.2, 0.25) is 36.3 Å². The van der Waals surface area contributed by atoms with Gasteiger partial charge in [0, 0.05) is 24.5 Å². The second-order valence-electron chi connectivity index (χ2n) is 15.8.